The number of benzene rings is 1. The van der Waals surface area contributed by atoms with Crippen LogP contribution in [0.1, 0.15) is 30.8 Å². The van der Waals surface area contributed by atoms with Gasteiger partial charge in [0.05, 0.1) is 0 Å². The third-order valence-corrected chi connectivity index (χ3v) is 3.64. The molecule has 108 valence electrons. The molecule has 0 radical (unpaired) electrons. The molecule has 0 amide bonds. The third-order valence-electron chi connectivity index (χ3n) is 3.64. The maximum absolute atomic E-state index is 4.38. The number of aromatic nitrogens is 3. The van der Waals surface area contributed by atoms with Crippen LogP contribution in [0, 0.1) is 6.92 Å². The Hall–Kier alpha value is -1.68. The van der Waals surface area contributed by atoms with Gasteiger partial charge in [-0.1, -0.05) is 31.2 Å². The smallest absolute Gasteiger partial charge is 0.138 e. The quantitative estimate of drug-likeness (QED) is 0.841. The van der Waals surface area contributed by atoms with Crippen molar-refractivity contribution < 1.29 is 0 Å². The highest BCUT2D eigenvalue weighted by Gasteiger charge is 2.14. The summed E-state index contributed by atoms with van der Waals surface area (Å²) in [5.74, 6) is 1.06. The predicted molar refractivity (Wildman–Crippen MR) is 81.7 cm³/mol. The summed E-state index contributed by atoms with van der Waals surface area (Å²) in [5.41, 5.74) is 2.76. The van der Waals surface area contributed by atoms with Gasteiger partial charge in [0.15, 0.2) is 0 Å². The zero-order chi connectivity index (χ0) is 14.4. The van der Waals surface area contributed by atoms with Gasteiger partial charge in [-0.3, -0.25) is 4.68 Å². The number of nitrogens with zero attached hydrogens (tertiary/aromatic N) is 3. The van der Waals surface area contributed by atoms with Gasteiger partial charge in [0.1, 0.15) is 12.2 Å². The largest absolute Gasteiger partial charge is 0.313 e. The van der Waals surface area contributed by atoms with Crippen molar-refractivity contribution in [3.63, 3.8) is 0 Å². The lowest BCUT2D eigenvalue weighted by Crippen LogP contribution is -2.34. The topological polar surface area (TPSA) is 42.7 Å². The highest BCUT2D eigenvalue weighted by Crippen LogP contribution is 2.12. The first-order chi connectivity index (χ1) is 9.74. The van der Waals surface area contributed by atoms with Crippen LogP contribution in [0.5, 0.6) is 0 Å². The first-order valence-electron chi connectivity index (χ1n) is 7.39. The van der Waals surface area contributed by atoms with Crippen LogP contribution >= 0.6 is 0 Å². The lowest BCUT2D eigenvalue weighted by Gasteiger charge is -2.19. The van der Waals surface area contributed by atoms with Crippen molar-refractivity contribution in [2.24, 2.45) is 0 Å². The van der Waals surface area contributed by atoms with E-state index in [9.17, 15) is 0 Å². The molecule has 0 fully saturated rings. The standard InChI is InChI=1S/C16H24N4/c1-4-17-15(10-14-9-7-6-8-13(14)3)11-16-18-12-19-20(16)5-2/h6-9,12,15,17H,4-5,10-11H2,1-3H3. The first-order valence-corrected chi connectivity index (χ1v) is 7.39. The summed E-state index contributed by atoms with van der Waals surface area (Å²) >= 11 is 0. The summed E-state index contributed by atoms with van der Waals surface area (Å²) in [4.78, 5) is 4.38. The lowest BCUT2D eigenvalue weighted by molar-refractivity contribution is 0.489. The molecule has 1 heterocycles. The molecule has 0 aliphatic carbocycles. The van der Waals surface area contributed by atoms with E-state index >= 15 is 0 Å². The molecule has 0 spiro atoms. The van der Waals surface area contributed by atoms with Crippen LogP contribution in [-0.2, 0) is 19.4 Å². The Morgan fingerprint density at radius 3 is 2.70 bits per heavy atom. The molecule has 2 rings (SSSR count). The van der Waals surface area contributed by atoms with Crippen molar-refractivity contribution >= 4 is 0 Å². The summed E-state index contributed by atoms with van der Waals surface area (Å²) < 4.78 is 1.97. The van der Waals surface area contributed by atoms with Gasteiger partial charge in [0, 0.05) is 19.0 Å². The minimum absolute atomic E-state index is 0.399. The number of likely N-dealkylation sites (N-methyl/N-ethyl adjacent to an activating group) is 1. The molecular formula is C16H24N4. The van der Waals surface area contributed by atoms with Crippen molar-refractivity contribution in [2.75, 3.05) is 6.54 Å². The number of nitrogens with one attached hydrogen (secondary N) is 1. The van der Waals surface area contributed by atoms with Gasteiger partial charge >= 0.3 is 0 Å². The minimum Gasteiger partial charge on any atom is -0.313 e. The zero-order valence-electron chi connectivity index (χ0n) is 12.6. The molecule has 4 heteroatoms. The summed E-state index contributed by atoms with van der Waals surface area (Å²) in [6.45, 7) is 8.26. The molecule has 1 atom stereocenters. The number of hydrogen-bond acceptors (Lipinski definition) is 3. The van der Waals surface area contributed by atoms with E-state index < -0.39 is 0 Å². The molecule has 1 aromatic heterocycles. The Labute approximate surface area is 121 Å². The van der Waals surface area contributed by atoms with Crippen LogP contribution in [0.3, 0.4) is 0 Å². The van der Waals surface area contributed by atoms with E-state index in [4.69, 9.17) is 0 Å². The summed E-state index contributed by atoms with van der Waals surface area (Å²) in [6, 6.07) is 8.99. The molecule has 1 unspecified atom stereocenters. The van der Waals surface area contributed by atoms with Crippen LogP contribution < -0.4 is 5.32 Å². The van der Waals surface area contributed by atoms with Gasteiger partial charge in [0.2, 0.25) is 0 Å². The Morgan fingerprint density at radius 1 is 1.20 bits per heavy atom. The van der Waals surface area contributed by atoms with Crippen LogP contribution in [-0.4, -0.2) is 27.4 Å². The molecule has 1 N–H and O–H groups in total. The van der Waals surface area contributed by atoms with Crippen LogP contribution in [0.4, 0.5) is 0 Å². The summed E-state index contributed by atoms with van der Waals surface area (Å²) in [7, 11) is 0. The Balaban J connectivity index is 2.09. The molecule has 0 saturated heterocycles. The van der Waals surface area contributed by atoms with Crippen molar-refractivity contribution in [3.05, 3.63) is 47.5 Å². The predicted octanol–water partition coefficient (Wildman–Crippen LogP) is 2.37. The van der Waals surface area contributed by atoms with Gasteiger partial charge in [-0.15, -0.1) is 0 Å². The van der Waals surface area contributed by atoms with Gasteiger partial charge < -0.3 is 5.32 Å². The number of aryl methyl sites for hydroxylation is 2. The zero-order valence-corrected chi connectivity index (χ0v) is 12.6. The Morgan fingerprint density at radius 2 is 2.00 bits per heavy atom. The lowest BCUT2D eigenvalue weighted by atomic mass is 9.99. The Bertz CT molecular complexity index is 533. The number of hydrogen-bond donors (Lipinski definition) is 1. The molecule has 1 aromatic carbocycles. The molecular weight excluding hydrogens is 248 g/mol. The van der Waals surface area contributed by atoms with Crippen LogP contribution in [0.25, 0.3) is 0 Å². The second kappa shape index (κ2) is 7.20. The van der Waals surface area contributed by atoms with Gasteiger partial charge in [-0.2, -0.15) is 5.10 Å². The van der Waals surface area contributed by atoms with E-state index in [-0.39, 0.29) is 0 Å². The molecule has 0 aliphatic rings. The molecule has 0 saturated carbocycles. The SMILES string of the molecule is CCNC(Cc1ccccc1C)Cc1ncnn1CC. The molecule has 0 bridgehead atoms. The molecule has 2 aromatic rings. The van der Waals surface area contributed by atoms with Gasteiger partial charge in [-0.05, 0) is 37.9 Å². The second-order valence-corrected chi connectivity index (χ2v) is 5.08. The van der Waals surface area contributed by atoms with Crippen molar-refractivity contribution in [2.45, 2.75) is 46.2 Å². The fourth-order valence-corrected chi connectivity index (χ4v) is 2.54. The third kappa shape index (κ3) is 3.67. The second-order valence-electron chi connectivity index (χ2n) is 5.08. The van der Waals surface area contributed by atoms with E-state index in [0.717, 1.165) is 31.8 Å². The first kappa shape index (κ1) is 14.7. The van der Waals surface area contributed by atoms with Gasteiger partial charge in [0.25, 0.3) is 0 Å². The van der Waals surface area contributed by atoms with E-state index in [1.165, 1.54) is 11.1 Å². The maximum Gasteiger partial charge on any atom is 0.138 e. The monoisotopic (exact) mass is 272 g/mol. The van der Waals surface area contributed by atoms with Crippen LogP contribution in [0.15, 0.2) is 30.6 Å². The van der Waals surface area contributed by atoms with E-state index in [2.05, 4.69) is 60.4 Å². The molecule has 20 heavy (non-hydrogen) atoms. The minimum atomic E-state index is 0.399. The fourth-order valence-electron chi connectivity index (χ4n) is 2.54. The highest BCUT2D eigenvalue weighted by atomic mass is 15.3. The summed E-state index contributed by atoms with van der Waals surface area (Å²) in [6.07, 6.45) is 3.59. The van der Waals surface area contributed by atoms with Crippen molar-refractivity contribution in [3.8, 4) is 0 Å². The molecule has 0 aliphatic heterocycles. The maximum atomic E-state index is 4.38. The highest BCUT2D eigenvalue weighted by molar-refractivity contribution is 5.26. The Kier molecular flexibility index (Phi) is 5.30. The fraction of sp³-hybridized carbons (Fsp3) is 0.500. The molecule has 4 nitrogen and oxygen atoms in total. The van der Waals surface area contributed by atoms with E-state index in [0.29, 0.717) is 6.04 Å². The van der Waals surface area contributed by atoms with Gasteiger partial charge in [-0.25, -0.2) is 4.98 Å². The van der Waals surface area contributed by atoms with E-state index in [1.807, 2.05) is 4.68 Å². The van der Waals surface area contributed by atoms with Crippen molar-refractivity contribution in [1.82, 2.24) is 20.1 Å². The number of rotatable bonds is 7. The van der Waals surface area contributed by atoms with Crippen LogP contribution in [0.2, 0.25) is 0 Å². The average Bonchev–Trinajstić information content (AvgIpc) is 2.89. The van der Waals surface area contributed by atoms with E-state index in [1.54, 1.807) is 6.33 Å². The normalized spacial score (nSPS) is 12.6. The summed E-state index contributed by atoms with van der Waals surface area (Å²) in [5, 5.41) is 7.82. The van der Waals surface area contributed by atoms with Crippen molar-refractivity contribution in [1.29, 1.82) is 0 Å². The average molecular weight is 272 g/mol.